The topological polar surface area (TPSA) is 132 Å². The van der Waals surface area contributed by atoms with Crippen LogP contribution in [0.3, 0.4) is 0 Å². The number of nitrogens with one attached hydrogen (secondary N) is 1. The lowest BCUT2D eigenvalue weighted by atomic mass is 10.1. The molecule has 126 valence electrons. The smallest absolute Gasteiger partial charge is 0.271 e. The van der Waals surface area contributed by atoms with E-state index in [0.717, 1.165) is 12.1 Å². The average Bonchev–Trinajstić information content (AvgIpc) is 2.51. The summed E-state index contributed by atoms with van der Waals surface area (Å²) in [5.41, 5.74) is 3.34. The van der Waals surface area contributed by atoms with Gasteiger partial charge in [0.15, 0.2) is 28.7 Å². The molecule has 1 amide bonds. The number of methoxy groups -OCH3 is 1. The number of carbonyl (C=O) groups excluding carboxylic acids is 1. The number of hydrazone groups is 1. The van der Waals surface area contributed by atoms with Gasteiger partial charge in [0.05, 0.1) is 13.3 Å². The number of nitrogens with zero attached hydrogens (tertiary/aromatic N) is 1. The molecule has 0 aliphatic carbocycles. The van der Waals surface area contributed by atoms with E-state index in [9.17, 15) is 25.2 Å². The average molecular weight is 332 g/mol. The van der Waals surface area contributed by atoms with Gasteiger partial charge >= 0.3 is 0 Å². The second-order valence-electron chi connectivity index (χ2n) is 4.95. The highest BCUT2D eigenvalue weighted by Crippen LogP contribution is 2.35. The minimum Gasteiger partial charge on any atom is -0.504 e. The first-order valence-electron chi connectivity index (χ1n) is 6.79. The summed E-state index contributed by atoms with van der Waals surface area (Å²) in [4.78, 5) is 11.9. The number of hydrogen-bond acceptors (Lipinski definition) is 7. The molecule has 0 fully saturated rings. The second-order valence-corrected chi connectivity index (χ2v) is 4.95. The van der Waals surface area contributed by atoms with Gasteiger partial charge in [0.25, 0.3) is 5.91 Å². The molecule has 5 N–H and O–H groups in total. The van der Waals surface area contributed by atoms with Gasteiger partial charge in [-0.25, -0.2) is 5.43 Å². The van der Waals surface area contributed by atoms with Crippen LogP contribution in [-0.4, -0.2) is 39.7 Å². The molecule has 0 aliphatic rings. The van der Waals surface area contributed by atoms with E-state index in [1.165, 1.54) is 19.4 Å². The Bertz CT molecular complexity index is 770. The van der Waals surface area contributed by atoms with Gasteiger partial charge in [0, 0.05) is 5.56 Å². The van der Waals surface area contributed by atoms with Crippen molar-refractivity contribution in [3.8, 4) is 28.7 Å². The van der Waals surface area contributed by atoms with Gasteiger partial charge in [0.1, 0.15) is 0 Å². The van der Waals surface area contributed by atoms with Gasteiger partial charge in [0.2, 0.25) is 0 Å². The summed E-state index contributed by atoms with van der Waals surface area (Å²) in [5, 5.41) is 41.5. The van der Waals surface area contributed by atoms with E-state index in [1.54, 1.807) is 13.0 Å². The van der Waals surface area contributed by atoms with Crippen molar-refractivity contribution in [3.63, 3.8) is 0 Å². The van der Waals surface area contributed by atoms with Gasteiger partial charge < -0.3 is 25.2 Å². The van der Waals surface area contributed by atoms with Crippen LogP contribution in [-0.2, 0) is 0 Å². The van der Waals surface area contributed by atoms with Crippen molar-refractivity contribution in [1.29, 1.82) is 0 Å². The number of hydrogen-bond donors (Lipinski definition) is 5. The van der Waals surface area contributed by atoms with Crippen molar-refractivity contribution in [3.05, 3.63) is 41.0 Å². The van der Waals surface area contributed by atoms with E-state index in [-0.39, 0.29) is 11.3 Å². The number of aromatic hydroxyl groups is 4. The van der Waals surface area contributed by atoms with Gasteiger partial charge in [-0.3, -0.25) is 4.79 Å². The van der Waals surface area contributed by atoms with Crippen LogP contribution < -0.4 is 10.2 Å². The second kappa shape index (κ2) is 6.78. The molecule has 8 heteroatoms. The minimum absolute atomic E-state index is 0.0568. The third-order valence-electron chi connectivity index (χ3n) is 3.19. The van der Waals surface area contributed by atoms with Crippen molar-refractivity contribution >= 4 is 12.1 Å². The van der Waals surface area contributed by atoms with Crippen molar-refractivity contribution in [2.24, 2.45) is 5.10 Å². The molecule has 8 nitrogen and oxygen atoms in total. The molecule has 0 atom stereocenters. The molecule has 0 heterocycles. The number of rotatable bonds is 4. The van der Waals surface area contributed by atoms with E-state index >= 15 is 0 Å². The molecule has 2 aromatic carbocycles. The van der Waals surface area contributed by atoms with Gasteiger partial charge in [-0.15, -0.1) is 0 Å². The minimum atomic E-state index is -0.709. The molecule has 2 aromatic rings. The third kappa shape index (κ3) is 3.49. The molecule has 0 aliphatic heterocycles. The highest BCUT2D eigenvalue weighted by Gasteiger charge is 2.13. The quantitative estimate of drug-likeness (QED) is 0.328. The number of amides is 1. The summed E-state index contributed by atoms with van der Waals surface area (Å²) in [6.45, 7) is 1.75. The molecule has 0 aromatic heterocycles. The Morgan fingerprint density at radius 3 is 2.25 bits per heavy atom. The van der Waals surface area contributed by atoms with Crippen LogP contribution >= 0.6 is 0 Å². The molecule has 2 rings (SSSR count). The SMILES string of the molecule is COc1c(C)cc(/C=N/NC(=O)c2cc(O)c(O)c(O)c2)cc1O. The van der Waals surface area contributed by atoms with Gasteiger partial charge in [-0.2, -0.15) is 5.10 Å². The van der Waals surface area contributed by atoms with E-state index in [4.69, 9.17) is 4.74 Å². The zero-order valence-electron chi connectivity index (χ0n) is 12.9. The van der Waals surface area contributed by atoms with Crippen LogP contribution in [0.15, 0.2) is 29.4 Å². The van der Waals surface area contributed by atoms with Crippen LogP contribution in [0, 0.1) is 6.92 Å². The summed E-state index contributed by atoms with van der Waals surface area (Å²) in [6.07, 6.45) is 1.31. The number of phenolic OH excluding ortho intramolecular Hbond substituents is 4. The predicted octanol–water partition coefficient (Wildman–Crippen LogP) is 1.59. The van der Waals surface area contributed by atoms with Crippen LogP contribution in [0.25, 0.3) is 0 Å². The molecule has 0 spiro atoms. The Morgan fingerprint density at radius 1 is 1.08 bits per heavy atom. The summed E-state index contributed by atoms with van der Waals surface area (Å²) in [7, 11) is 1.44. The van der Waals surface area contributed by atoms with E-state index < -0.39 is 23.2 Å². The molecule has 24 heavy (non-hydrogen) atoms. The summed E-state index contributed by atoms with van der Waals surface area (Å²) < 4.78 is 5.03. The highest BCUT2D eigenvalue weighted by molar-refractivity contribution is 5.96. The number of benzene rings is 2. The summed E-state index contributed by atoms with van der Waals surface area (Å²) >= 11 is 0. The summed E-state index contributed by atoms with van der Waals surface area (Å²) in [6, 6.07) is 5.10. The van der Waals surface area contributed by atoms with Crippen molar-refractivity contribution in [2.75, 3.05) is 7.11 Å². The fourth-order valence-corrected chi connectivity index (χ4v) is 2.09. The van der Waals surface area contributed by atoms with Crippen LogP contribution in [0.1, 0.15) is 21.5 Å². The molecule has 0 saturated heterocycles. The Balaban J connectivity index is 2.13. The fourth-order valence-electron chi connectivity index (χ4n) is 2.09. The molecule has 0 radical (unpaired) electrons. The van der Waals surface area contributed by atoms with Gasteiger partial charge in [-0.1, -0.05) is 0 Å². The third-order valence-corrected chi connectivity index (χ3v) is 3.19. The lowest BCUT2D eigenvalue weighted by Crippen LogP contribution is -2.17. The maximum atomic E-state index is 11.9. The zero-order chi connectivity index (χ0) is 17.9. The highest BCUT2D eigenvalue weighted by atomic mass is 16.5. The lowest BCUT2D eigenvalue weighted by Gasteiger charge is -2.08. The van der Waals surface area contributed by atoms with E-state index in [2.05, 4.69) is 10.5 Å². The largest absolute Gasteiger partial charge is 0.504 e. The van der Waals surface area contributed by atoms with E-state index in [0.29, 0.717) is 16.9 Å². The zero-order valence-corrected chi connectivity index (χ0v) is 12.9. The first-order chi connectivity index (χ1) is 11.3. The van der Waals surface area contributed by atoms with Crippen molar-refractivity contribution in [1.82, 2.24) is 5.43 Å². The first kappa shape index (κ1) is 16.9. The van der Waals surface area contributed by atoms with Crippen LogP contribution in [0.2, 0.25) is 0 Å². The predicted molar refractivity (Wildman–Crippen MR) is 85.9 cm³/mol. The lowest BCUT2D eigenvalue weighted by molar-refractivity contribution is 0.0954. The van der Waals surface area contributed by atoms with Crippen LogP contribution in [0.5, 0.6) is 28.7 Å². The standard InChI is InChI=1S/C16H16N2O6/c1-8-3-9(4-13(21)15(8)24-2)7-17-18-16(23)10-5-11(19)14(22)12(20)6-10/h3-7,19-22H,1-2H3,(H,18,23)/b17-7+. The number of phenols is 4. The molecule has 0 unspecified atom stereocenters. The maximum Gasteiger partial charge on any atom is 0.271 e. The first-order valence-corrected chi connectivity index (χ1v) is 6.79. The number of ether oxygens (including phenoxy) is 1. The molecular weight excluding hydrogens is 316 g/mol. The van der Waals surface area contributed by atoms with Crippen LogP contribution in [0.4, 0.5) is 0 Å². The monoisotopic (exact) mass is 332 g/mol. The van der Waals surface area contributed by atoms with Crippen molar-refractivity contribution in [2.45, 2.75) is 6.92 Å². The molecule has 0 bridgehead atoms. The van der Waals surface area contributed by atoms with Crippen molar-refractivity contribution < 1.29 is 30.0 Å². The van der Waals surface area contributed by atoms with Gasteiger partial charge in [-0.05, 0) is 42.3 Å². The molecule has 0 saturated carbocycles. The Labute approximate surface area is 137 Å². The molecular formula is C16H16N2O6. The summed E-state index contributed by atoms with van der Waals surface area (Å²) in [5.74, 6) is -2.37. The number of carbonyl (C=O) groups is 1. The number of aryl methyl sites for hydroxylation is 1. The fraction of sp³-hybridized carbons (Fsp3) is 0.125. The Kier molecular flexibility index (Phi) is 4.78. The normalized spacial score (nSPS) is 10.8. The van der Waals surface area contributed by atoms with E-state index in [1.807, 2.05) is 0 Å². The Morgan fingerprint density at radius 2 is 1.71 bits per heavy atom. The maximum absolute atomic E-state index is 11.9. The Hall–Kier alpha value is -3.42.